The Bertz CT molecular complexity index is 1390. The monoisotopic (exact) mass is 478 g/mol. The highest BCUT2D eigenvalue weighted by Gasteiger charge is 2.49. The number of rotatable bonds is 6. The Kier molecular flexibility index (Phi) is 5.68. The van der Waals surface area contributed by atoms with Crippen LogP contribution < -0.4 is 26.5 Å². The summed E-state index contributed by atoms with van der Waals surface area (Å²) >= 11 is 0. The number of nitrogens with two attached hydrogens (primary N) is 1. The molecule has 1 aliphatic heterocycles. The first-order chi connectivity index (χ1) is 16.9. The molecule has 0 radical (unpaired) electrons. The normalized spacial score (nSPS) is 16.5. The molecule has 5 rings (SSSR count). The molecule has 7 nitrogen and oxygen atoms in total. The first-order valence-corrected chi connectivity index (χ1v) is 11.2. The maximum atomic E-state index is 14.9. The van der Waals surface area contributed by atoms with Crippen molar-refractivity contribution in [3.05, 3.63) is 100 Å². The van der Waals surface area contributed by atoms with Gasteiger partial charge in [0.2, 0.25) is 11.2 Å². The minimum atomic E-state index is -0.635. The second-order valence-corrected chi connectivity index (χ2v) is 8.53. The lowest BCUT2D eigenvalue weighted by atomic mass is 10.1. The van der Waals surface area contributed by atoms with Gasteiger partial charge in [-0.05, 0) is 55.7 Å². The summed E-state index contributed by atoms with van der Waals surface area (Å²) in [5.74, 6) is -0.0299. The van der Waals surface area contributed by atoms with Gasteiger partial charge in [0.1, 0.15) is 22.9 Å². The number of pyridine rings is 1. The molecule has 2 heterocycles. The van der Waals surface area contributed by atoms with Crippen LogP contribution in [0.1, 0.15) is 19.8 Å². The summed E-state index contributed by atoms with van der Waals surface area (Å²) in [6.45, 7) is 2.39. The second kappa shape index (κ2) is 8.83. The summed E-state index contributed by atoms with van der Waals surface area (Å²) in [7, 11) is 0. The molecule has 2 aromatic carbocycles. The lowest BCUT2D eigenvalue weighted by Gasteiger charge is -2.29. The fourth-order valence-electron chi connectivity index (χ4n) is 3.84. The number of benzene rings is 2. The zero-order chi connectivity index (χ0) is 24.6. The van der Waals surface area contributed by atoms with E-state index >= 15 is 0 Å². The molecule has 180 valence electrons. The highest BCUT2D eigenvalue weighted by Crippen LogP contribution is 2.44. The number of hydrogen-bond donors (Lipinski definition) is 4. The average Bonchev–Trinajstić information content (AvgIpc) is 3.61. The van der Waals surface area contributed by atoms with Gasteiger partial charge in [0.15, 0.2) is 17.3 Å². The molecular weight excluding hydrogens is 454 g/mol. The van der Waals surface area contributed by atoms with Crippen molar-refractivity contribution in [3.8, 4) is 16.9 Å². The molecule has 0 bridgehead atoms. The van der Waals surface area contributed by atoms with Crippen molar-refractivity contribution in [1.82, 2.24) is 10.3 Å². The number of hydrogen-bond acceptors (Lipinski definition) is 6. The van der Waals surface area contributed by atoms with Crippen molar-refractivity contribution in [1.29, 1.82) is 0 Å². The molecule has 2 aliphatic rings. The maximum Gasteiger partial charge on any atom is 0.212 e. The highest BCUT2D eigenvalue weighted by atomic mass is 19.1. The van der Waals surface area contributed by atoms with Gasteiger partial charge in [-0.1, -0.05) is 12.1 Å². The van der Waals surface area contributed by atoms with Gasteiger partial charge in [0.05, 0.1) is 6.54 Å². The minimum Gasteiger partial charge on any atom is -0.478 e. The van der Waals surface area contributed by atoms with E-state index in [0.717, 1.165) is 12.8 Å². The molecule has 9 heteroatoms. The fourth-order valence-corrected chi connectivity index (χ4v) is 3.84. The lowest BCUT2D eigenvalue weighted by molar-refractivity contribution is 0.0701. The Morgan fingerprint density at radius 2 is 1.94 bits per heavy atom. The molecule has 1 aromatic heterocycles. The molecule has 5 N–H and O–H groups in total. The summed E-state index contributed by atoms with van der Waals surface area (Å²) in [6, 6.07) is 9.89. The molecule has 1 saturated carbocycles. The van der Waals surface area contributed by atoms with Crippen LogP contribution in [-0.2, 0) is 4.74 Å². The number of halogens is 2. The van der Waals surface area contributed by atoms with Gasteiger partial charge in [-0.2, -0.15) is 0 Å². The van der Waals surface area contributed by atoms with Crippen molar-refractivity contribution in [2.75, 3.05) is 11.9 Å². The number of nitrogens with one attached hydrogen (secondary N) is 3. The third kappa shape index (κ3) is 4.57. The largest absolute Gasteiger partial charge is 0.478 e. The third-order valence-electron chi connectivity index (χ3n) is 5.99. The molecule has 1 aliphatic carbocycles. The van der Waals surface area contributed by atoms with Gasteiger partial charge in [0.25, 0.3) is 0 Å². The number of anilines is 2. The van der Waals surface area contributed by atoms with Crippen molar-refractivity contribution in [2.24, 2.45) is 5.73 Å². The number of ether oxygens (including phenoxy) is 2. The smallest absolute Gasteiger partial charge is 0.212 e. The van der Waals surface area contributed by atoms with Gasteiger partial charge in [-0.15, -0.1) is 0 Å². The van der Waals surface area contributed by atoms with Gasteiger partial charge >= 0.3 is 0 Å². The molecule has 35 heavy (non-hydrogen) atoms. The van der Waals surface area contributed by atoms with Crippen molar-refractivity contribution >= 4 is 11.4 Å². The van der Waals surface area contributed by atoms with E-state index in [9.17, 15) is 13.6 Å². The van der Waals surface area contributed by atoms with Crippen LogP contribution in [0.5, 0.6) is 5.75 Å². The van der Waals surface area contributed by atoms with Crippen LogP contribution in [0.3, 0.4) is 0 Å². The van der Waals surface area contributed by atoms with Crippen LogP contribution in [0, 0.1) is 11.6 Å². The van der Waals surface area contributed by atoms with Crippen molar-refractivity contribution < 1.29 is 18.3 Å². The second-order valence-electron chi connectivity index (χ2n) is 8.53. The maximum absolute atomic E-state index is 14.9. The van der Waals surface area contributed by atoms with Crippen LogP contribution in [0.4, 0.5) is 20.2 Å². The van der Waals surface area contributed by atoms with E-state index in [1.54, 1.807) is 19.1 Å². The van der Waals surface area contributed by atoms with Gasteiger partial charge in [0, 0.05) is 29.7 Å². The zero-order valence-electron chi connectivity index (χ0n) is 19.0. The Hall–Kier alpha value is -4.27. The summed E-state index contributed by atoms with van der Waals surface area (Å²) in [4.78, 5) is 15.8. The number of aromatic nitrogens is 1. The first kappa shape index (κ1) is 22.5. The zero-order valence-corrected chi connectivity index (χ0v) is 19.0. The number of aromatic amines is 1. The van der Waals surface area contributed by atoms with Crippen LogP contribution in [0.2, 0.25) is 0 Å². The fraction of sp³-hybridized carbons (Fsp3) is 0.192. The average molecular weight is 478 g/mol. The minimum absolute atomic E-state index is 0.0167. The van der Waals surface area contributed by atoms with Gasteiger partial charge in [-0.3, -0.25) is 4.79 Å². The summed E-state index contributed by atoms with van der Waals surface area (Å²) in [6.07, 6.45) is 6.52. The Morgan fingerprint density at radius 1 is 1.17 bits per heavy atom. The van der Waals surface area contributed by atoms with Crippen LogP contribution in [-0.4, -0.2) is 17.1 Å². The van der Waals surface area contributed by atoms with E-state index in [2.05, 4.69) is 15.6 Å². The molecule has 1 spiro atoms. The molecule has 1 fully saturated rings. The lowest BCUT2D eigenvalue weighted by Crippen LogP contribution is -2.40. The van der Waals surface area contributed by atoms with E-state index in [1.807, 2.05) is 0 Å². The van der Waals surface area contributed by atoms with Crippen LogP contribution in [0.25, 0.3) is 11.1 Å². The standard InChI is InChI=1S/C26H24F2N4O3/c1-2-21(24-25(29)31-14-26(35-24)9-10-26)34-22-8-7-17(11-19(22)28)32-20-13-30-12-18(23(20)33)15-3-5-16(27)6-4-15/h2-8,11-13,31-32H,9-10,14,29H2,1H3,(H,30,33)/b21-2+. The Balaban J connectivity index is 1.35. The van der Waals surface area contributed by atoms with Crippen molar-refractivity contribution in [3.63, 3.8) is 0 Å². The number of allylic oxidation sites excluding steroid dienone is 1. The van der Waals surface area contributed by atoms with E-state index < -0.39 is 11.6 Å². The molecular formula is C26H24F2N4O3. The summed E-state index contributed by atoms with van der Waals surface area (Å²) in [5.41, 5.74) is 6.95. The van der Waals surface area contributed by atoms with E-state index in [0.29, 0.717) is 40.7 Å². The highest BCUT2D eigenvalue weighted by molar-refractivity contribution is 5.69. The van der Waals surface area contributed by atoms with E-state index in [4.69, 9.17) is 15.2 Å². The molecule has 0 saturated heterocycles. The predicted octanol–water partition coefficient (Wildman–Crippen LogP) is 4.63. The third-order valence-corrected chi connectivity index (χ3v) is 5.99. The predicted molar refractivity (Wildman–Crippen MR) is 129 cm³/mol. The van der Waals surface area contributed by atoms with Crippen molar-refractivity contribution in [2.45, 2.75) is 25.4 Å². The quantitative estimate of drug-likeness (QED) is 0.386. The molecule has 0 unspecified atom stereocenters. The molecule has 3 aromatic rings. The van der Waals surface area contributed by atoms with Crippen LogP contribution in [0.15, 0.2) is 83.1 Å². The Morgan fingerprint density at radius 3 is 2.63 bits per heavy atom. The van der Waals surface area contributed by atoms with Crippen LogP contribution >= 0.6 is 0 Å². The summed E-state index contributed by atoms with van der Waals surface area (Å²) in [5, 5.41) is 6.04. The van der Waals surface area contributed by atoms with E-state index in [1.165, 1.54) is 48.8 Å². The SMILES string of the molecule is C/C=C(/Oc1ccc(Nc2c[nH]cc(-c3ccc(F)cc3)c2=O)cc1F)C1=C(N)NCC2(CC2)O1. The number of H-pyrrole nitrogens is 1. The topological polar surface area (TPSA) is 101 Å². The molecule has 0 atom stereocenters. The van der Waals surface area contributed by atoms with Gasteiger partial charge < -0.3 is 30.8 Å². The molecule has 0 amide bonds. The first-order valence-electron chi connectivity index (χ1n) is 11.2. The summed E-state index contributed by atoms with van der Waals surface area (Å²) < 4.78 is 40.0. The van der Waals surface area contributed by atoms with Gasteiger partial charge in [-0.25, -0.2) is 8.78 Å². The van der Waals surface area contributed by atoms with E-state index in [-0.39, 0.29) is 22.5 Å². The Labute approximate surface area is 200 Å².